The van der Waals surface area contributed by atoms with Crippen LogP contribution < -0.4 is 5.32 Å². The number of rotatable bonds is 8. The molecule has 7 heteroatoms. The molecule has 0 aliphatic heterocycles. The van der Waals surface area contributed by atoms with E-state index >= 15 is 0 Å². The van der Waals surface area contributed by atoms with E-state index in [1.807, 2.05) is 6.92 Å². The van der Waals surface area contributed by atoms with Crippen molar-refractivity contribution in [2.75, 3.05) is 27.2 Å². The predicted octanol–water partition coefficient (Wildman–Crippen LogP) is 4.98. The van der Waals surface area contributed by atoms with Crippen LogP contribution in [0, 0.1) is 6.92 Å². The van der Waals surface area contributed by atoms with E-state index in [-0.39, 0.29) is 30.1 Å². The third kappa shape index (κ3) is 7.33. The minimum Gasteiger partial charge on any atom is -0.375 e. The zero-order valence-electron chi connectivity index (χ0n) is 17.7. The summed E-state index contributed by atoms with van der Waals surface area (Å²) in [5.41, 5.74) is 3.65. The van der Waals surface area contributed by atoms with Gasteiger partial charge in [-0.1, -0.05) is 36.8 Å². The zero-order chi connectivity index (χ0) is 19.8. The first kappa shape index (κ1) is 24.8. The van der Waals surface area contributed by atoms with Crippen molar-refractivity contribution in [3.63, 3.8) is 0 Å². The van der Waals surface area contributed by atoms with Crippen molar-refractivity contribution in [2.45, 2.75) is 46.3 Å². The Bertz CT molecular complexity index is 732. The first-order valence-electron chi connectivity index (χ1n) is 9.47. The van der Waals surface area contributed by atoms with E-state index in [2.05, 4.69) is 72.7 Å². The Hall–Kier alpha value is -1.19. The quantitative estimate of drug-likeness (QED) is 0.306. The molecule has 0 aliphatic carbocycles. The molecule has 0 fully saturated rings. The fourth-order valence-corrected chi connectivity index (χ4v) is 3.54. The number of nitrogens with zero attached hydrogens (tertiary/aromatic N) is 3. The minimum absolute atomic E-state index is 0. The van der Waals surface area contributed by atoms with Crippen molar-refractivity contribution in [3.8, 4) is 0 Å². The van der Waals surface area contributed by atoms with Crippen molar-refractivity contribution in [1.29, 1.82) is 0 Å². The van der Waals surface area contributed by atoms with Gasteiger partial charge in [-0.3, -0.25) is 4.99 Å². The van der Waals surface area contributed by atoms with Gasteiger partial charge in [-0.2, -0.15) is 0 Å². The van der Waals surface area contributed by atoms with Crippen LogP contribution in [0.15, 0.2) is 34.6 Å². The van der Waals surface area contributed by atoms with Gasteiger partial charge in [-0.05, 0) is 26.3 Å². The van der Waals surface area contributed by atoms with E-state index in [9.17, 15) is 0 Å². The summed E-state index contributed by atoms with van der Waals surface area (Å²) in [7, 11) is 3.76. The summed E-state index contributed by atoms with van der Waals surface area (Å²) in [6.45, 7) is 10.7. The van der Waals surface area contributed by atoms with Crippen LogP contribution in [0.25, 0.3) is 0 Å². The molecular weight excluding hydrogens is 483 g/mol. The molecule has 1 heterocycles. The highest BCUT2D eigenvalue weighted by atomic mass is 127. The van der Waals surface area contributed by atoms with E-state index in [0.29, 0.717) is 5.92 Å². The molecule has 28 heavy (non-hydrogen) atoms. The van der Waals surface area contributed by atoms with E-state index in [4.69, 9.17) is 9.73 Å². The third-order valence-electron chi connectivity index (χ3n) is 4.53. The number of aliphatic imine (C=N–C) groups is 1. The molecule has 0 amide bonds. The lowest BCUT2D eigenvalue weighted by Gasteiger charge is -2.22. The molecule has 156 valence electrons. The summed E-state index contributed by atoms with van der Waals surface area (Å²) in [6, 6.07) is 8.71. The van der Waals surface area contributed by atoms with E-state index in [1.54, 1.807) is 18.4 Å². The number of benzene rings is 1. The normalized spacial score (nSPS) is 13.6. The highest BCUT2D eigenvalue weighted by molar-refractivity contribution is 14.0. The van der Waals surface area contributed by atoms with Gasteiger partial charge in [0, 0.05) is 38.5 Å². The average Bonchev–Trinajstić information content (AvgIpc) is 3.13. The monoisotopic (exact) mass is 516 g/mol. The van der Waals surface area contributed by atoms with Crippen LogP contribution in [0.1, 0.15) is 54.6 Å². The maximum absolute atomic E-state index is 5.35. The lowest BCUT2D eigenvalue weighted by molar-refractivity contribution is 0.119. The Morgan fingerprint density at radius 1 is 1.29 bits per heavy atom. The first-order valence-corrected chi connectivity index (χ1v) is 10.4. The number of hydrogen-bond acceptors (Lipinski definition) is 4. The van der Waals surface area contributed by atoms with Gasteiger partial charge >= 0.3 is 0 Å². The molecule has 1 aromatic heterocycles. The highest BCUT2D eigenvalue weighted by Crippen LogP contribution is 2.21. The number of aryl methyl sites for hydroxylation is 1. The second-order valence-corrected chi connectivity index (χ2v) is 7.81. The molecule has 2 rings (SSSR count). The van der Waals surface area contributed by atoms with E-state index in [1.165, 1.54) is 11.1 Å². The van der Waals surface area contributed by atoms with Gasteiger partial charge < -0.3 is 15.0 Å². The Morgan fingerprint density at radius 2 is 1.96 bits per heavy atom. The largest absolute Gasteiger partial charge is 0.375 e. The molecule has 0 aliphatic rings. The molecule has 2 unspecified atom stereocenters. The number of guanidine groups is 1. The molecule has 2 atom stereocenters. The van der Waals surface area contributed by atoms with E-state index < -0.39 is 0 Å². The van der Waals surface area contributed by atoms with Crippen molar-refractivity contribution < 1.29 is 4.74 Å². The summed E-state index contributed by atoms with van der Waals surface area (Å²) in [4.78, 5) is 11.7. The molecule has 0 radical (unpaired) electrons. The van der Waals surface area contributed by atoms with E-state index in [0.717, 1.165) is 36.3 Å². The Morgan fingerprint density at radius 3 is 2.57 bits per heavy atom. The molecule has 0 bridgehead atoms. The van der Waals surface area contributed by atoms with Crippen molar-refractivity contribution in [1.82, 2.24) is 15.2 Å². The van der Waals surface area contributed by atoms with Crippen molar-refractivity contribution in [2.24, 2.45) is 4.99 Å². The second-order valence-electron chi connectivity index (χ2n) is 6.92. The summed E-state index contributed by atoms with van der Waals surface area (Å²) >= 11 is 1.64. The zero-order valence-corrected chi connectivity index (χ0v) is 20.9. The molecular formula is C21H33IN4OS. The number of thiazole rings is 1. The van der Waals surface area contributed by atoms with Crippen LogP contribution in [0.5, 0.6) is 0 Å². The van der Waals surface area contributed by atoms with Crippen LogP contribution in [0.4, 0.5) is 0 Å². The standard InChI is InChI=1S/C21H32N4OS.HI/c1-7-22-21(23-12-16(3)18-10-8-15(2)9-11-18)25(5)13-19-14-27-20(24-19)17(4)26-6;/h8-11,14,16-17H,7,12-13H2,1-6H3,(H,22,23);1H. The number of aromatic nitrogens is 1. The van der Waals surface area contributed by atoms with Crippen molar-refractivity contribution >= 4 is 41.3 Å². The van der Waals surface area contributed by atoms with Gasteiger partial charge in [-0.25, -0.2) is 4.98 Å². The summed E-state index contributed by atoms with van der Waals surface area (Å²) < 4.78 is 5.35. The predicted molar refractivity (Wildman–Crippen MR) is 130 cm³/mol. The van der Waals surface area contributed by atoms with Crippen LogP contribution >= 0.6 is 35.3 Å². The van der Waals surface area contributed by atoms with Gasteiger partial charge in [0.05, 0.1) is 12.2 Å². The van der Waals surface area contributed by atoms with Gasteiger partial charge in [0.2, 0.25) is 0 Å². The highest BCUT2D eigenvalue weighted by Gasteiger charge is 2.13. The molecule has 1 aromatic carbocycles. The first-order chi connectivity index (χ1) is 12.9. The van der Waals surface area contributed by atoms with Gasteiger partial charge in [0.1, 0.15) is 11.1 Å². The summed E-state index contributed by atoms with van der Waals surface area (Å²) in [5, 5.41) is 6.49. The molecule has 0 saturated carbocycles. The SMILES string of the molecule is CCNC(=NCC(C)c1ccc(C)cc1)N(C)Cc1csc(C(C)OC)n1.I. The topological polar surface area (TPSA) is 49.8 Å². The van der Waals surface area contributed by atoms with Crippen LogP contribution in [-0.4, -0.2) is 43.1 Å². The number of ether oxygens (including phenoxy) is 1. The Kier molecular flexibility index (Phi) is 11.0. The minimum atomic E-state index is 0. The van der Waals surface area contributed by atoms with Crippen LogP contribution in [-0.2, 0) is 11.3 Å². The molecule has 2 aromatic rings. The fraction of sp³-hybridized carbons (Fsp3) is 0.524. The lowest BCUT2D eigenvalue weighted by Crippen LogP contribution is -2.38. The van der Waals surface area contributed by atoms with Crippen LogP contribution in [0.2, 0.25) is 0 Å². The van der Waals surface area contributed by atoms with Crippen LogP contribution in [0.3, 0.4) is 0 Å². The summed E-state index contributed by atoms with van der Waals surface area (Å²) in [6.07, 6.45) is 0.0336. The maximum atomic E-state index is 5.35. The Labute approximate surface area is 190 Å². The number of nitrogens with one attached hydrogen (secondary N) is 1. The van der Waals surface area contributed by atoms with Gasteiger partial charge in [0.15, 0.2) is 5.96 Å². The second kappa shape index (κ2) is 12.4. The average molecular weight is 516 g/mol. The molecule has 0 saturated heterocycles. The molecule has 1 N–H and O–H groups in total. The van der Waals surface area contributed by atoms with Crippen molar-refractivity contribution in [3.05, 3.63) is 51.5 Å². The van der Waals surface area contributed by atoms with Gasteiger partial charge in [-0.15, -0.1) is 35.3 Å². The molecule has 5 nitrogen and oxygen atoms in total. The number of methoxy groups -OCH3 is 1. The Balaban J connectivity index is 0.00000392. The number of halogens is 1. The smallest absolute Gasteiger partial charge is 0.194 e. The lowest BCUT2D eigenvalue weighted by atomic mass is 10.0. The third-order valence-corrected chi connectivity index (χ3v) is 5.58. The van der Waals surface area contributed by atoms with Gasteiger partial charge in [0.25, 0.3) is 0 Å². The number of hydrogen-bond donors (Lipinski definition) is 1. The fourth-order valence-electron chi connectivity index (χ4n) is 2.69. The molecule has 0 spiro atoms. The maximum Gasteiger partial charge on any atom is 0.194 e. The summed E-state index contributed by atoms with van der Waals surface area (Å²) in [5.74, 6) is 1.28.